The van der Waals surface area contributed by atoms with Crippen LogP contribution in [0.3, 0.4) is 0 Å². The number of benzene rings is 2. The van der Waals surface area contributed by atoms with Crippen LogP contribution in [0.15, 0.2) is 67.8 Å². The molecule has 3 unspecified atom stereocenters. The maximum Gasteiger partial charge on any atom is 0.312 e. The van der Waals surface area contributed by atoms with E-state index >= 15 is 0 Å². The maximum atomic E-state index is 14.8. The number of likely N-dealkylation sites (tertiary alicyclic amines) is 1. The molecule has 1 spiro atoms. The molecule has 3 heterocycles. The van der Waals surface area contributed by atoms with Gasteiger partial charge < -0.3 is 24.4 Å². The lowest BCUT2D eigenvalue weighted by Gasteiger charge is -2.41. The van der Waals surface area contributed by atoms with Crippen LogP contribution in [0.25, 0.3) is 10.8 Å². The number of carbonyl (C=O) groups excluding carboxylic acids is 3. The number of amides is 2. The van der Waals surface area contributed by atoms with Crippen molar-refractivity contribution in [1.82, 2.24) is 4.90 Å². The molecule has 0 radical (unpaired) electrons. The van der Waals surface area contributed by atoms with Crippen molar-refractivity contribution in [1.29, 1.82) is 0 Å². The summed E-state index contributed by atoms with van der Waals surface area (Å²) in [5, 5.41) is 12.6. The number of rotatable bonds is 11. The topological polar surface area (TPSA) is 96.4 Å². The zero-order valence-corrected chi connectivity index (χ0v) is 25.0. The Morgan fingerprint density at radius 1 is 1.24 bits per heavy atom. The molecule has 0 aliphatic carbocycles. The number of alkyl halides is 1. The molecule has 218 valence electrons. The highest BCUT2D eigenvalue weighted by Gasteiger charge is 2.77. The molecule has 5 rings (SSSR count). The smallest absolute Gasteiger partial charge is 0.312 e. The second kappa shape index (κ2) is 11.7. The highest BCUT2D eigenvalue weighted by molar-refractivity contribution is 9.09. The number of carbonyl (C=O) groups is 3. The Bertz CT molecular complexity index is 1360. The van der Waals surface area contributed by atoms with Crippen molar-refractivity contribution in [2.24, 2.45) is 17.8 Å². The summed E-state index contributed by atoms with van der Waals surface area (Å²) >= 11 is 3.68. The Morgan fingerprint density at radius 3 is 2.63 bits per heavy atom. The first-order valence-corrected chi connectivity index (χ1v) is 15.1. The summed E-state index contributed by atoms with van der Waals surface area (Å²) in [6.07, 6.45) is 3.55. The molecule has 3 aliphatic rings. The summed E-state index contributed by atoms with van der Waals surface area (Å²) in [4.78, 5) is 45.4. The zero-order chi connectivity index (χ0) is 29.5. The van der Waals surface area contributed by atoms with Crippen LogP contribution < -0.4 is 4.90 Å². The minimum atomic E-state index is -1.26. The van der Waals surface area contributed by atoms with E-state index in [9.17, 15) is 19.5 Å². The second-order valence-electron chi connectivity index (χ2n) is 11.2. The van der Waals surface area contributed by atoms with E-state index in [-0.39, 0.29) is 42.3 Å². The molecule has 2 aromatic carbocycles. The van der Waals surface area contributed by atoms with Crippen LogP contribution in [0.2, 0.25) is 0 Å². The standard InChI is InChI=1S/C32H37BrN2O6/c1-5-14-34(22-13-12-20-10-8-9-11-21(20)16-22)30(38)28-32-17-23(33)27(41-32)25(31(39)40-15-6-2)26(32)29(37)35(28)24(18-36)19(4)7-3/h5-6,8-13,16,19,23-28,36H,1-2,7,14-15,17-18H2,3-4H3/t19-,23?,24-,25-,26-,27-,28?,32?/m0/s1. The summed E-state index contributed by atoms with van der Waals surface area (Å²) in [5.74, 6) is -3.14. The van der Waals surface area contributed by atoms with Crippen molar-refractivity contribution >= 4 is 50.2 Å². The van der Waals surface area contributed by atoms with Gasteiger partial charge in [0.25, 0.3) is 5.91 Å². The van der Waals surface area contributed by atoms with Crippen molar-refractivity contribution < 1.29 is 29.0 Å². The van der Waals surface area contributed by atoms with Crippen LogP contribution in [-0.4, -0.2) is 76.2 Å². The SMILES string of the molecule is C=CCOC(=O)[C@H]1[C@H]2C(=O)N([C@@H](CO)[C@@H](C)CC)C(C(=O)N(CC=C)c3ccc4ccccc4c3)C23CC(Br)[C@@H]1O3. The number of esters is 1. The van der Waals surface area contributed by atoms with Gasteiger partial charge in [-0.2, -0.15) is 0 Å². The number of halogens is 1. The van der Waals surface area contributed by atoms with Crippen molar-refractivity contribution in [3.8, 4) is 0 Å². The van der Waals surface area contributed by atoms with Crippen molar-refractivity contribution in [3.05, 3.63) is 67.8 Å². The molecule has 8 nitrogen and oxygen atoms in total. The summed E-state index contributed by atoms with van der Waals surface area (Å²) in [7, 11) is 0. The lowest BCUT2D eigenvalue weighted by molar-refractivity contribution is -0.155. The molecule has 3 fully saturated rings. The van der Waals surface area contributed by atoms with E-state index in [1.807, 2.05) is 56.3 Å². The minimum absolute atomic E-state index is 0.0101. The fraction of sp³-hybridized carbons (Fsp3) is 0.469. The number of aliphatic hydroxyl groups excluding tert-OH is 1. The van der Waals surface area contributed by atoms with Crippen LogP contribution >= 0.6 is 15.9 Å². The van der Waals surface area contributed by atoms with Crippen molar-refractivity contribution in [2.75, 3.05) is 24.7 Å². The van der Waals surface area contributed by atoms with Gasteiger partial charge in [0.05, 0.1) is 30.6 Å². The molecule has 0 saturated carbocycles. The molecule has 2 amide bonds. The van der Waals surface area contributed by atoms with Crippen LogP contribution in [0.4, 0.5) is 5.69 Å². The zero-order valence-electron chi connectivity index (χ0n) is 23.4. The lowest BCUT2D eigenvalue weighted by Crippen LogP contribution is -2.60. The molecule has 2 aromatic rings. The first kappa shape index (κ1) is 29.5. The normalized spacial score (nSPS) is 29.7. The highest BCUT2D eigenvalue weighted by atomic mass is 79.9. The average molecular weight is 626 g/mol. The van der Waals surface area contributed by atoms with E-state index in [1.54, 1.807) is 11.0 Å². The monoisotopic (exact) mass is 624 g/mol. The Kier molecular flexibility index (Phi) is 8.41. The van der Waals surface area contributed by atoms with Gasteiger partial charge in [-0.25, -0.2) is 0 Å². The fourth-order valence-electron chi connectivity index (χ4n) is 6.97. The van der Waals surface area contributed by atoms with Gasteiger partial charge in [-0.1, -0.05) is 85.3 Å². The number of ether oxygens (including phenoxy) is 2. The predicted octanol–water partition coefficient (Wildman–Crippen LogP) is 4.24. The molecule has 8 atom stereocenters. The van der Waals surface area contributed by atoms with E-state index in [4.69, 9.17) is 9.47 Å². The van der Waals surface area contributed by atoms with Crippen molar-refractivity contribution in [3.63, 3.8) is 0 Å². The second-order valence-corrected chi connectivity index (χ2v) is 12.4. The van der Waals surface area contributed by atoms with E-state index < -0.39 is 41.6 Å². The van der Waals surface area contributed by atoms with E-state index in [2.05, 4.69) is 29.1 Å². The van der Waals surface area contributed by atoms with Gasteiger partial charge >= 0.3 is 5.97 Å². The maximum absolute atomic E-state index is 14.8. The molecule has 41 heavy (non-hydrogen) atoms. The highest BCUT2D eigenvalue weighted by Crippen LogP contribution is 2.61. The molecular formula is C32H37BrN2O6. The predicted molar refractivity (Wildman–Crippen MR) is 161 cm³/mol. The number of hydrogen-bond acceptors (Lipinski definition) is 6. The quantitative estimate of drug-likeness (QED) is 0.228. The van der Waals surface area contributed by atoms with Gasteiger partial charge in [0, 0.05) is 17.1 Å². The van der Waals surface area contributed by atoms with Crippen LogP contribution in [0.5, 0.6) is 0 Å². The van der Waals surface area contributed by atoms with Crippen LogP contribution in [0.1, 0.15) is 26.7 Å². The number of hydrogen-bond donors (Lipinski definition) is 1. The summed E-state index contributed by atoms with van der Waals surface area (Å²) in [6, 6.07) is 12.0. The van der Waals surface area contributed by atoms with E-state index in [0.29, 0.717) is 18.5 Å². The third kappa shape index (κ3) is 4.72. The minimum Gasteiger partial charge on any atom is -0.461 e. The van der Waals surface area contributed by atoms with Gasteiger partial charge in [-0.05, 0) is 35.2 Å². The fourth-order valence-corrected chi connectivity index (χ4v) is 7.91. The Hall–Kier alpha value is -3.01. The van der Waals surface area contributed by atoms with Gasteiger partial charge in [0.2, 0.25) is 5.91 Å². The van der Waals surface area contributed by atoms with E-state index in [0.717, 1.165) is 10.8 Å². The van der Waals surface area contributed by atoms with Gasteiger partial charge in [-0.15, -0.1) is 6.58 Å². The third-order valence-electron chi connectivity index (χ3n) is 9.04. The molecule has 3 saturated heterocycles. The van der Waals surface area contributed by atoms with Gasteiger partial charge in [-0.3, -0.25) is 14.4 Å². The Morgan fingerprint density at radius 2 is 1.98 bits per heavy atom. The van der Waals surface area contributed by atoms with Crippen LogP contribution in [0, 0.1) is 17.8 Å². The van der Waals surface area contributed by atoms with E-state index in [1.165, 1.54) is 11.0 Å². The largest absolute Gasteiger partial charge is 0.461 e. The van der Waals surface area contributed by atoms with Gasteiger partial charge in [0.1, 0.15) is 18.2 Å². The lowest BCUT2D eigenvalue weighted by atomic mass is 9.70. The van der Waals surface area contributed by atoms with Crippen LogP contribution in [-0.2, 0) is 23.9 Å². The third-order valence-corrected chi connectivity index (χ3v) is 9.89. The summed E-state index contributed by atoms with van der Waals surface area (Å²) < 4.78 is 12.0. The molecule has 3 aliphatic heterocycles. The number of nitrogens with zero attached hydrogens (tertiary/aromatic N) is 2. The summed E-state index contributed by atoms with van der Waals surface area (Å²) in [5.41, 5.74) is -0.600. The average Bonchev–Trinajstić information content (AvgIpc) is 3.57. The summed E-state index contributed by atoms with van der Waals surface area (Å²) in [6.45, 7) is 11.3. The first-order valence-electron chi connectivity index (χ1n) is 14.2. The van der Waals surface area contributed by atoms with Crippen molar-refractivity contribution in [2.45, 2.75) is 55.3 Å². The molecular weight excluding hydrogens is 588 g/mol. The van der Waals surface area contributed by atoms with Gasteiger partial charge in [0.15, 0.2) is 0 Å². The molecule has 1 N–H and O–H groups in total. The Balaban J connectivity index is 1.63. The molecule has 2 bridgehead atoms. The number of fused-ring (bicyclic) bond motifs is 2. The molecule has 9 heteroatoms. The Labute approximate surface area is 249 Å². The molecule has 0 aromatic heterocycles. The first-order chi connectivity index (χ1) is 19.7. The number of aliphatic hydroxyl groups is 1. The number of anilines is 1.